The van der Waals surface area contributed by atoms with Crippen molar-refractivity contribution < 1.29 is 4.74 Å². The molecule has 0 radical (unpaired) electrons. The molecule has 0 atom stereocenters. The summed E-state index contributed by atoms with van der Waals surface area (Å²) in [4.78, 5) is 4.19. The average Bonchev–Trinajstić information content (AvgIpc) is 2.72. The highest BCUT2D eigenvalue weighted by Crippen LogP contribution is 2.25. The summed E-state index contributed by atoms with van der Waals surface area (Å²) in [6.07, 6.45) is 4.00. The Hall–Kier alpha value is -1.81. The van der Waals surface area contributed by atoms with Gasteiger partial charge in [-0.3, -0.25) is 0 Å². The summed E-state index contributed by atoms with van der Waals surface area (Å²) in [5.74, 6) is 0.949. The van der Waals surface area contributed by atoms with Gasteiger partial charge in [0.15, 0.2) is 5.13 Å². The highest BCUT2D eigenvalue weighted by molar-refractivity contribution is 7.13. The first-order valence-electron chi connectivity index (χ1n) is 5.64. The lowest BCUT2D eigenvalue weighted by molar-refractivity contribution is 0.408. The Morgan fingerprint density at radius 3 is 2.39 bits per heavy atom. The predicted octanol–water partition coefficient (Wildman–Crippen LogP) is 3.52. The summed E-state index contributed by atoms with van der Waals surface area (Å²) in [6.45, 7) is 4.09. The molecule has 0 aliphatic heterocycles. The van der Waals surface area contributed by atoms with Gasteiger partial charge in [-0.25, -0.2) is 4.98 Å². The second kappa shape index (κ2) is 5.23. The fourth-order valence-corrected chi connectivity index (χ4v) is 2.49. The topological polar surface area (TPSA) is 48.1 Å². The van der Waals surface area contributed by atoms with Crippen molar-refractivity contribution in [3.8, 4) is 5.75 Å². The molecule has 0 spiro atoms. The number of benzene rings is 1. The highest BCUT2D eigenvalue weighted by Gasteiger charge is 2.03. The Morgan fingerprint density at radius 1 is 1.22 bits per heavy atom. The zero-order valence-electron chi connectivity index (χ0n) is 10.7. The van der Waals surface area contributed by atoms with E-state index < -0.39 is 0 Å². The molecular weight excluding hydrogens is 244 g/mol. The van der Waals surface area contributed by atoms with Crippen molar-refractivity contribution in [3.63, 3.8) is 0 Å². The number of anilines is 1. The molecule has 94 valence electrons. The average molecular weight is 260 g/mol. The third-order valence-corrected chi connectivity index (χ3v) is 3.37. The number of nitrogens with two attached hydrogens (primary N) is 1. The van der Waals surface area contributed by atoms with Crippen molar-refractivity contribution in [2.75, 3.05) is 12.8 Å². The Morgan fingerprint density at radius 2 is 1.89 bits per heavy atom. The molecule has 0 saturated carbocycles. The van der Waals surface area contributed by atoms with E-state index >= 15 is 0 Å². The van der Waals surface area contributed by atoms with Crippen LogP contribution in [-0.2, 0) is 0 Å². The molecule has 18 heavy (non-hydrogen) atoms. The second-order valence-corrected chi connectivity index (χ2v) is 5.02. The van der Waals surface area contributed by atoms with Crippen molar-refractivity contribution in [3.05, 3.63) is 39.9 Å². The van der Waals surface area contributed by atoms with Gasteiger partial charge in [0.25, 0.3) is 0 Å². The zero-order chi connectivity index (χ0) is 13.1. The van der Waals surface area contributed by atoms with E-state index in [0.717, 1.165) is 28.1 Å². The number of hydrogen-bond donors (Lipinski definition) is 1. The summed E-state index contributed by atoms with van der Waals surface area (Å²) in [5, 5.41) is 2.53. The van der Waals surface area contributed by atoms with Crippen LogP contribution in [0.5, 0.6) is 5.75 Å². The molecule has 2 N–H and O–H groups in total. The number of thiazole rings is 1. The van der Waals surface area contributed by atoms with Crippen LogP contribution in [0.2, 0.25) is 0 Å². The first kappa shape index (κ1) is 12.6. The van der Waals surface area contributed by atoms with E-state index in [1.54, 1.807) is 7.11 Å². The summed E-state index contributed by atoms with van der Waals surface area (Å²) in [7, 11) is 1.70. The van der Waals surface area contributed by atoms with Crippen LogP contribution >= 0.6 is 11.3 Å². The molecule has 1 heterocycles. The summed E-state index contributed by atoms with van der Waals surface area (Å²) in [6, 6.07) is 4.19. The maximum absolute atomic E-state index is 5.59. The van der Waals surface area contributed by atoms with Crippen LogP contribution in [0.25, 0.3) is 12.2 Å². The van der Waals surface area contributed by atoms with Gasteiger partial charge in [0.2, 0.25) is 0 Å². The molecular formula is C14H16N2OS. The summed E-state index contributed by atoms with van der Waals surface area (Å²) in [5.41, 5.74) is 9.89. The number of rotatable bonds is 3. The summed E-state index contributed by atoms with van der Waals surface area (Å²) >= 11 is 1.45. The largest absolute Gasteiger partial charge is 0.496 e. The van der Waals surface area contributed by atoms with Crippen LogP contribution in [0.3, 0.4) is 0 Å². The van der Waals surface area contributed by atoms with Crippen molar-refractivity contribution >= 4 is 28.6 Å². The number of nitrogen functional groups attached to an aromatic ring is 1. The van der Waals surface area contributed by atoms with Gasteiger partial charge in [0.1, 0.15) is 5.75 Å². The molecule has 4 heteroatoms. The van der Waals surface area contributed by atoms with Gasteiger partial charge in [0.05, 0.1) is 12.8 Å². The van der Waals surface area contributed by atoms with Gasteiger partial charge >= 0.3 is 0 Å². The van der Waals surface area contributed by atoms with Crippen LogP contribution in [-0.4, -0.2) is 12.1 Å². The molecule has 0 unspecified atom stereocenters. The van der Waals surface area contributed by atoms with Gasteiger partial charge in [-0.2, -0.15) is 0 Å². The minimum absolute atomic E-state index is 0.594. The van der Waals surface area contributed by atoms with Crippen LogP contribution in [0.1, 0.15) is 22.4 Å². The molecule has 0 bridgehead atoms. The van der Waals surface area contributed by atoms with Crippen LogP contribution < -0.4 is 10.5 Å². The smallest absolute Gasteiger partial charge is 0.180 e. The Balaban J connectivity index is 2.27. The number of nitrogens with zero attached hydrogens (tertiary/aromatic N) is 1. The zero-order valence-corrected chi connectivity index (χ0v) is 11.5. The lowest BCUT2D eigenvalue weighted by Crippen LogP contribution is -1.91. The standard InChI is InChI=1S/C14H16N2OS/c1-9-6-11(7-10(2)13(9)17-3)4-5-12-8-18-14(15)16-12/h4-8H,1-3H3,(H2,15,16)/b5-4+. The Bertz CT molecular complexity index is 564. The van der Waals surface area contributed by atoms with Crippen molar-refractivity contribution in [1.29, 1.82) is 0 Å². The maximum Gasteiger partial charge on any atom is 0.180 e. The first-order valence-corrected chi connectivity index (χ1v) is 6.52. The van der Waals surface area contributed by atoms with Crippen molar-refractivity contribution in [1.82, 2.24) is 4.98 Å². The van der Waals surface area contributed by atoms with Gasteiger partial charge in [-0.05, 0) is 48.7 Å². The van der Waals surface area contributed by atoms with Crippen molar-refractivity contribution in [2.24, 2.45) is 0 Å². The molecule has 1 aromatic heterocycles. The molecule has 2 aromatic rings. The minimum atomic E-state index is 0.594. The fourth-order valence-electron chi connectivity index (χ4n) is 1.96. The molecule has 1 aromatic carbocycles. The van der Waals surface area contributed by atoms with Gasteiger partial charge in [-0.1, -0.05) is 6.08 Å². The molecule has 0 aliphatic carbocycles. The number of methoxy groups -OCH3 is 1. The monoisotopic (exact) mass is 260 g/mol. The number of aryl methyl sites for hydroxylation is 2. The molecule has 0 aliphatic rings. The number of hydrogen-bond acceptors (Lipinski definition) is 4. The van der Waals surface area contributed by atoms with E-state index in [1.165, 1.54) is 11.3 Å². The lowest BCUT2D eigenvalue weighted by atomic mass is 10.1. The summed E-state index contributed by atoms with van der Waals surface area (Å²) < 4.78 is 5.35. The SMILES string of the molecule is COc1c(C)cc(/C=C/c2csc(N)n2)cc1C. The molecule has 0 saturated heterocycles. The number of aromatic nitrogens is 1. The highest BCUT2D eigenvalue weighted by atomic mass is 32.1. The third-order valence-electron chi connectivity index (χ3n) is 2.67. The van der Waals surface area contributed by atoms with Crippen LogP contribution in [0.4, 0.5) is 5.13 Å². The molecule has 0 amide bonds. The fraction of sp³-hybridized carbons (Fsp3) is 0.214. The second-order valence-electron chi connectivity index (χ2n) is 4.13. The Kier molecular flexibility index (Phi) is 3.67. The lowest BCUT2D eigenvalue weighted by Gasteiger charge is -2.09. The maximum atomic E-state index is 5.59. The van der Waals surface area contributed by atoms with E-state index in [4.69, 9.17) is 10.5 Å². The van der Waals surface area contributed by atoms with Gasteiger partial charge in [-0.15, -0.1) is 11.3 Å². The number of ether oxygens (including phenoxy) is 1. The van der Waals surface area contributed by atoms with Gasteiger partial charge < -0.3 is 10.5 Å². The van der Waals surface area contributed by atoms with Crippen LogP contribution in [0, 0.1) is 13.8 Å². The predicted molar refractivity (Wildman–Crippen MR) is 77.9 cm³/mol. The quantitative estimate of drug-likeness (QED) is 0.918. The first-order chi connectivity index (χ1) is 8.60. The normalized spacial score (nSPS) is 11.1. The van der Waals surface area contributed by atoms with Crippen LogP contribution in [0.15, 0.2) is 17.5 Å². The third kappa shape index (κ3) is 2.71. The molecule has 3 nitrogen and oxygen atoms in total. The van der Waals surface area contributed by atoms with Crippen molar-refractivity contribution in [2.45, 2.75) is 13.8 Å². The van der Waals surface area contributed by atoms with E-state index in [1.807, 2.05) is 31.4 Å². The Labute approximate surface area is 111 Å². The van der Waals surface area contributed by atoms with Gasteiger partial charge in [0, 0.05) is 5.38 Å². The minimum Gasteiger partial charge on any atom is -0.496 e. The van der Waals surface area contributed by atoms with E-state index in [-0.39, 0.29) is 0 Å². The molecule has 0 fully saturated rings. The molecule has 2 rings (SSSR count). The van der Waals surface area contributed by atoms with E-state index in [0.29, 0.717) is 5.13 Å². The van der Waals surface area contributed by atoms with E-state index in [9.17, 15) is 0 Å². The van der Waals surface area contributed by atoms with E-state index in [2.05, 4.69) is 17.1 Å².